The lowest BCUT2D eigenvalue weighted by Gasteiger charge is -2.23. The van der Waals surface area contributed by atoms with Crippen LogP contribution in [0, 0.1) is 5.41 Å². The maximum Gasteiger partial charge on any atom is 0.0426 e. The van der Waals surface area contributed by atoms with Crippen LogP contribution in [0.3, 0.4) is 0 Å². The van der Waals surface area contributed by atoms with Gasteiger partial charge >= 0.3 is 0 Å². The molecule has 0 fully saturated rings. The highest BCUT2D eigenvalue weighted by atomic mass is 79.9. The largest absolute Gasteiger partial charge is 0.309 e. The summed E-state index contributed by atoms with van der Waals surface area (Å²) in [7, 11) is 0. The Hall–Kier alpha value is 0.140. The average Bonchev–Trinajstić information content (AvgIpc) is 2.63. The molecule has 0 saturated heterocycles. The molecule has 1 nitrogen and oxygen atoms in total. The predicted molar refractivity (Wildman–Crippen MR) is 81.7 cm³/mol. The Kier molecular flexibility index (Phi) is 6.18. The lowest BCUT2D eigenvalue weighted by atomic mass is 9.88. The lowest BCUT2D eigenvalue weighted by Crippen LogP contribution is -2.23. The zero-order chi connectivity index (χ0) is 12.9. The normalized spacial score (nSPS) is 13.9. The van der Waals surface area contributed by atoms with Crippen LogP contribution in [0.1, 0.15) is 57.9 Å². The highest BCUT2D eigenvalue weighted by Gasteiger charge is 2.18. The summed E-state index contributed by atoms with van der Waals surface area (Å²) in [5.41, 5.74) is 0.413. The standard InChI is InChI=1S/C14H24BrNS/c1-5-9-16-12(6-8-14(2,3)4)13-11(15)7-10-17-13/h7,10,12,16H,5-6,8-9H2,1-4H3. The first-order valence-electron chi connectivity index (χ1n) is 6.40. The summed E-state index contributed by atoms with van der Waals surface area (Å²) in [6.07, 6.45) is 3.65. The number of hydrogen-bond donors (Lipinski definition) is 1. The highest BCUT2D eigenvalue weighted by molar-refractivity contribution is 9.10. The molecule has 1 aromatic heterocycles. The second-order valence-electron chi connectivity index (χ2n) is 5.74. The van der Waals surface area contributed by atoms with Crippen LogP contribution in [-0.4, -0.2) is 6.54 Å². The Morgan fingerprint density at radius 2 is 2.12 bits per heavy atom. The van der Waals surface area contributed by atoms with Crippen molar-refractivity contribution < 1.29 is 0 Å². The van der Waals surface area contributed by atoms with Crippen LogP contribution in [0.15, 0.2) is 15.9 Å². The van der Waals surface area contributed by atoms with Gasteiger partial charge in [0.15, 0.2) is 0 Å². The molecule has 0 saturated carbocycles. The third-order valence-electron chi connectivity index (χ3n) is 2.79. The van der Waals surface area contributed by atoms with Crippen molar-refractivity contribution in [2.24, 2.45) is 5.41 Å². The molecule has 0 aliphatic heterocycles. The van der Waals surface area contributed by atoms with E-state index in [2.05, 4.69) is 60.4 Å². The first kappa shape index (κ1) is 15.2. The molecule has 0 aromatic carbocycles. The van der Waals surface area contributed by atoms with Gasteiger partial charge in [-0.1, -0.05) is 27.7 Å². The van der Waals surface area contributed by atoms with Crippen LogP contribution in [0.25, 0.3) is 0 Å². The molecule has 1 rings (SSSR count). The predicted octanol–water partition coefficient (Wildman–Crippen LogP) is 5.38. The Morgan fingerprint density at radius 3 is 2.59 bits per heavy atom. The SMILES string of the molecule is CCCNC(CCC(C)(C)C)c1sccc1Br. The number of halogens is 1. The Labute approximate surface area is 118 Å². The molecule has 1 heterocycles. The van der Waals surface area contributed by atoms with Crippen molar-refractivity contribution in [1.29, 1.82) is 0 Å². The summed E-state index contributed by atoms with van der Waals surface area (Å²) in [5.74, 6) is 0. The van der Waals surface area contributed by atoms with Crippen molar-refractivity contribution in [2.45, 2.75) is 53.0 Å². The second kappa shape index (κ2) is 6.91. The van der Waals surface area contributed by atoms with Gasteiger partial charge in [-0.25, -0.2) is 0 Å². The lowest BCUT2D eigenvalue weighted by molar-refractivity contribution is 0.333. The smallest absolute Gasteiger partial charge is 0.0426 e. The minimum atomic E-state index is 0.413. The minimum absolute atomic E-state index is 0.413. The van der Waals surface area contributed by atoms with Crippen LogP contribution >= 0.6 is 27.3 Å². The van der Waals surface area contributed by atoms with Crippen molar-refractivity contribution in [3.05, 3.63) is 20.8 Å². The molecule has 98 valence electrons. The first-order chi connectivity index (χ1) is 7.94. The summed E-state index contributed by atoms with van der Waals surface area (Å²) in [5, 5.41) is 5.83. The van der Waals surface area contributed by atoms with Crippen LogP contribution in [-0.2, 0) is 0 Å². The molecule has 17 heavy (non-hydrogen) atoms. The molecule has 0 spiro atoms. The van der Waals surface area contributed by atoms with E-state index in [1.807, 2.05) is 11.3 Å². The Balaban J connectivity index is 2.64. The van der Waals surface area contributed by atoms with Crippen molar-refractivity contribution >= 4 is 27.3 Å². The van der Waals surface area contributed by atoms with Gasteiger partial charge in [-0.05, 0) is 58.6 Å². The third kappa shape index (κ3) is 5.54. The molecule has 0 amide bonds. The highest BCUT2D eigenvalue weighted by Crippen LogP contribution is 2.34. The summed E-state index contributed by atoms with van der Waals surface area (Å²) < 4.78 is 1.25. The summed E-state index contributed by atoms with van der Waals surface area (Å²) in [6.45, 7) is 10.3. The van der Waals surface area contributed by atoms with E-state index in [0.29, 0.717) is 11.5 Å². The van der Waals surface area contributed by atoms with Gasteiger partial charge in [-0.2, -0.15) is 0 Å². The first-order valence-corrected chi connectivity index (χ1v) is 8.07. The quantitative estimate of drug-likeness (QED) is 0.743. The molecule has 0 radical (unpaired) electrons. The summed E-state index contributed by atoms with van der Waals surface area (Å²) in [4.78, 5) is 1.45. The Morgan fingerprint density at radius 1 is 1.41 bits per heavy atom. The van der Waals surface area contributed by atoms with Crippen LogP contribution < -0.4 is 5.32 Å². The van der Waals surface area contributed by atoms with Crippen molar-refractivity contribution in [2.75, 3.05) is 6.54 Å². The molecule has 0 aliphatic rings. The van der Waals surface area contributed by atoms with Gasteiger partial charge in [0.05, 0.1) is 0 Å². The van der Waals surface area contributed by atoms with Gasteiger partial charge in [0, 0.05) is 15.4 Å². The topological polar surface area (TPSA) is 12.0 Å². The van der Waals surface area contributed by atoms with Crippen molar-refractivity contribution in [1.82, 2.24) is 5.32 Å². The van der Waals surface area contributed by atoms with E-state index in [1.54, 1.807) is 0 Å². The molecule has 1 N–H and O–H groups in total. The van der Waals surface area contributed by atoms with Crippen LogP contribution in [0.2, 0.25) is 0 Å². The summed E-state index contributed by atoms with van der Waals surface area (Å²) in [6, 6.07) is 2.65. The fourth-order valence-electron chi connectivity index (χ4n) is 1.78. The van der Waals surface area contributed by atoms with E-state index in [0.717, 1.165) is 6.54 Å². The number of nitrogens with one attached hydrogen (secondary N) is 1. The fourth-order valence-corrected chi connectivity index (χ4v) is 3.54. The van der Waals surface area contributed by atoms with E-state index in [4.69, 9.17) is 0 Å². The molecule has 1 unspecified atom stereocenters. The van der Waals surface area contributed by atoms with Gasteiger partial charge in [0.25, 0.3) is 0 Å². The molecular formula is C14H24BrNS. The molecular weight excluding hydrogens is 294 g/mol. The number of rotatable bonds is 6. The summed E-state index contributed by atoms with van der Waals surface area (Å²) >= 11 is 5.50. The second-order valence-corrected chi connectivity index (χ2v) is 7.54. The number of hydrogen-bond acceptors (Lipinski definition) is 2. The maximum atomic E-state index is 3.67. The van der Waals surface area contributed by atoms with Crippen molar-refractivity contribution in [3.63, 3.8) is 0 Å². The zero-order valence-electron chi connectivity index (χ0n) is 11.3. The van der Waals surface area contributed by atoms with E-state index in [1.165, 1.54) is 28.6 Å². The minimum Gasteiger partial charge on any atom is -0.309 e. The Bertz CT molecular complexity index is 327. The average molecular weight is 318 g/mol. The van der Waals surface area contributed by atoms with E-state index >= 15 is 0 Å². The van der Waals surface area contributed by atoms with E-state index in [9.17, 15) is 0 Å². The molecule has 0 aliphatic carbocycles. The fraction of sp³-hybridized carbons (Fsp3) is 0.714. The van der Waals surface area contributed by atoms with Gasteiger partial charge in [-0.15, -0.1) is 11.3 Å². The van der Waals surface area contributed by atoms with Gasteiger partial charge in [0.1, 0.15) is 0 Å². The number of thiophene rings is 1. The van der Waals surface area contributed by atoms with Gasteiger partial charge < -0.3 is 5.32 Å². The molecule has 1 atom stereocenters. The van der Waals surface area contributed by atoms with Crippen molar-refractivity contribution in [3.8, 4) is 0 Å². The third-order valence-corrected chi connectivity index (χ3v) is 4.77. The van der Waals surface area contributed by atoms with E-state index in [-0.39, 0.29) is 0 Å². The maximum absolute atomic E-state index is 3.67. The van der Waals surface area contributed by atoms with Crippen LogP contribution in [0.4, 0.5) is 0 Å². The van der Waals surface area contributed by atoms with E-state index < -0.39 is 0 Å². The molecule has 3 heteroatoms. The van der Waals surface area contributed by atoms with Gasteiger partial charge in [-0.3, -0.25) is 0 Å². The van der Waals surface area contributed by atoms with Crippen LogP contribution in [0.5, 0.6) is 0 Å². The monoisotopic (exact) mass is 317 g/mol. The zero-order valence-corrected chi connectivity index (χ0v) is 13.7. The molecule has 1 aromatic rings. The molecule has 0 bridgehead atoms. The van der Waals surface area contributed by atoms with Gasteiger partial charge in [0.2, 0.25) is 0 Å².